The van der Waals surface area contributed by atoms with Crippen LogP contribution in [0.5, 0.6) is 17.2 Å². The predicted molar refractivity (Wildman–Crippen MR) is 121 cm³/mol. The van der Waals surface area contributed by atoms with Gasteiger partial charge in [-0.3, -0.25) is 0 Å². The topological polar surface area (TPSA) is 52.1 Å². The van der Waals surface area contributed by atoms with Crippen molar-refractivity contribution in [2.45, 2.75) is 13.2 Å². The Morgan fingerprint density at radius 1 is 0.900 bits per heavy atom. The highest BCUT2D eigenvalue weighted by Gasteiger charge is 2.06. The lowest BCUT2D eigenvalue weighted by molar-refractivity contribution is 0.306. The van der Waals surface area contributed by atoms with Crippen molar-refractivity contribution in [1.29, 1.82) is 0 Å². The van der Waals surface area contributed by atoms with E-state index >= 15 is 0 Å². The Balaban J connectivity index is 1.61. The average Bonchev–Trinajstić information content (AvgIpc) is 2.76. The van der Waals surface area contributed by atoms with Crippen LogP contribution in [0.15, 0.2) is 65.8 Å². The zero-order valence-electron chi connectivity index (χ0n) is 16.7. The van der Waals surface area contributed by atoms with Gasteiger partial charge in [-0.2, -0.15) is 5.10 Å². The van der Waals surface area contributed by atoms with Gasteiger partial charge in [0.1, 0.15) is 12.4 Å². The summed E-state index contributed by atoms with van der Waals surface area (Å²) in [5.74, 6) is 2.08. The van der Waals surface area contributed by atoms with Crippen molar-refractivity contribution in [3.05, 3.63) is 87.4 Å². The lowest BCUT2D eigenvalue weighted by Gasteiger charge is -2.11. The van der Waals surface area contributed by atoms with Gasteiger partial charge in [0.15, 0.2) is 11.5 Å². The molecule has 0 saturated heterocycles. The molecule has 7 heteroatoms. The number of methoxy groups -OCH3 is 2. The normalized spacial score (nSPS) is 10.8. The maximum atomic E-state index is 6.22. The number of ether oxygens (including phenoxy) is 3. The Labute approximate surface area is 186 Å². The number of benzene rings is 3. The van der Waals surface area contributed by atoms with E-state index in [-0.39, 0.29) is 0 Å². The fraction of sp³-hybridized carbons (Fsp3) is 0.174. The SMILES string of the molecule is COc1ccc(CN/N=C/c2ccccc2OCc2ccc(Cl)cc2Cl)cc1OC. The summed E-state index contributed by atoms with van der Waals surface area (Å²) >= 11 is 12.2. The van der Waals surface area contributed by atoms with Gasteiger partial charge in [0, 0.05) is 21.2 Å². The Hall–Kier alpha value is -2.89. The summed E-state index contributed by atoms with van der Waals surface area (Å²) in [7, 11) is 3.22. The largest absolute Gasteiger partial charge is 0.493 e. The van der Waals surface area contributed by atoms with Gasteiger partial charge in [-0.1, -0.05) is 47.5 Å². The zero-order valence-corrected chi connectivity index (χ0v) is 18.2. The minimum atomic E-state index is 0.333. The van der Waals surface area contributed by atoms with Crippen LogP contribution in [0.1, 0.15) is 16.7 Å². The van der Waals surface area contributed by atoms with Crippen LogP contribution in [0.2, 0.25) is 10.0 Å². The standard InChI is InChI=1S/C23H22Cl2N2O3/c1-28-22-10-7-16(11-23(22)29-2)13-26-27-14-17-5-3-4-6-21(17)30-15-18-8-9-19(24)12-20(18)25/h3-12,14,26H,13,15H2,1-2H3/b27-14+. The molecular formula is C23H22Cl2N2O3. The third kappa shape index (κ3) is 5.81. The fourth-order valence-electron chi connectivity index (χ4n) is 2.76. The van der Waals surface area contributed by atoms with Gasteiger partial charge in [-0.25, -0.2) is 0 Å². The molecule has 0 spiro atoms. The summed E-state index contributed by atoms with van der Waals surface area (Å²) < 4.78 is 16.5. The number of hydrogen-bond acceptors (Lipinski definition) is 5. The molecule has 1 N–H and O–H groups in total. The first-order valence-corrected chi connectivity index (χ1v) is 9.99. The number of halogens is 2. The molecule has 0 aromatic heterocycles. The van der Waals surface area contributed by atoms with Crippen LogP contribution in [-0.2, 0) is 13.2 Å². The summed E-state index contributed by atoms with van der Waals surface area (Å²) in [6, 6.07) is 18.7. The quantitative estimate of drug-likeness (QED) is 0.339. The number of rotatable bonds is 9. The van der Waals surface area contributed by atoms with Crippen molar-refractivity contribution in [1.82, 2.24) is 5.43 Å². The molecule has 0 aliphatic rings. The lowest BCUT2D eigenvalue weighted by Crippen LogP contribution is -2.06. The highest BCUT2D eigenvalue weighted by Crippen LogP contribution is 2.27. The number of nitrogens with zero attached hydrogens (tertiary/aromatic N) is 1. The van der Waals surface area contributed by atoms with E-state index in [0.29, 0.717) is 40.4 Å². The van der Waals surface area contributed by atoms with Gasteiger partial charge in [0.05, 0.1) is 27.0 Å². The van der Waals surface area contributed by atoms with Crippen molar-refractivity contribution >= 4 is 29.4 Å². The van der Waals surface area contributed by atoms with Crippen molar-refractivity contribution in [2.24, 2.45) is 5.10 Å². The molecule has 0 saturated carbocycles. The zero-order chi connectivity index (χ0) is 21.3. The van der Waals surface area contributed by atoms with Crippen molar-refractivity contribution in [3.63, 3.8) is 0 Å². The highest BCUT2D eigenvalue weighted by molar-refractivity contribution is 6.35. The first-order chi connectivity index (χ1) is 14.6. The van der Waals surface area contributed by atoms with E-state index in [1.807, 2.05) is 48.5 Å². The molecule has 3 aromatic rings. The van der Waals surface area contributed by atoms with E-state index in [9.17, 15) is 0 Å². The third-order valence-electron chi connectivity index (χ3n) is 4.34. The molecule has 0 radical (unpaired) electrons. The second kappa shape index (κ2) is 10.8. The van der Waals surface area contributed by atoms with E-state index in [0.717, 1.165) is 16.7 Å². The second-order valence-corrected chi connectivity index (χ2v) is 7.19. The first kappa shape index (κ1) is 21.8. The van der Waals surface area contributed by atoms with E-state index in [2.05, 4.69) is 10.5 Å². The molecule has 156 valence electrons. The van der Waals surface area contributed by atoms with Crippen LogP contribution in [0.25, 0.3) is 0 Å². The summed E-state index contributed by atoms with van der Waals surface area (Å²) in [5, 5.41) is 5.48. The fourth-order valence-corrected chi connectivity index (χ4v) is 3.22. The smallest absolute Gasteiger partial charge is 0.161 e. The molecule has 3 aromatic carbocycles. The Bertz CT molecular complexity index is 1030. The number of para-hydroxylation sites is 1. The maximum absolute atomic E-state index is 6.22. The van der Waals surface area contributed by atoms with Gasteiger partial charge in [0.25, 0.3) is 0 Å². The van der Waals surface area contributed by atoms with Gasteiger partial charge < -0.3 is 19.6 Å². The summed E-state index contributed by atoms with van der Waals surface area (Å²) in [6.45, 7) is 0.875. The molecular weight excluding hydrogens is 423 g/mol. The van der Waals surface area contributed by atoms with Gasteiger partial charge in [-0.05, 0) is 42.0 Å². The Kier molecular flexibility index (Phi) is 7.82. The van der Waals surface area contributed by atoms with Crippen molar-refractivity contribution in [2.75, 3.05) is 14.2 Å². The van der Waals surface area contributed by atoms with Gasteiger partial charge in [-0.15, -0.1) is 0 Å². The minimum absolute atomic E-state index is 0.333. The molecule has 0 atom stereocenters. The molecule has 0 amide bonds. The molecule has 0 bridgehead atoms. The summed E-state index contributed by atoms with van der Waals surface area (Å²) in [4.78, 5) is 0. The van der Waals surface area contributed by atoms with E-state index in [1.54, 1.807) is 32.6 Å². The van der Waals surface area contributed by atoms with Crippen molar-refractivity contribution < 1.29 is 14.2 Å². The molecule has 5 nitrogen and oxygen atoms in total. The maximum Gasteiger partial charge on any atom is 0.161 e. The molecule has 0 unspecified atom stereocenters. The van der Waals surface area contributed by atoms with Crippen LogP contribution in [0.4, 0.5) is 0 Å². The Morgan fingerprint density at radius 3 is 2.47 bits per heavy atom. The van der Waals surface area contributed by atoms with E-state index < -0.39 is 0 Å². The summed E-state index contributed by atoms with van der Waals surface area (Å²) in [5.41, 5.74) is 5.77. The van der Waals surface area contributed by atoms with Crippen LogP contribution in [0.3, 0.4) is 0 Å². The van der Waals surface area contributed by atoms with Crippen LogP contribution < -0.4 is 19.6 Å². The minimum Gasteiger partial charge on any atom is -0.493 e. The number of hydrogen-bond donors (Lipinski definition) is 1. The lowest BCUT2D eigenvalue weighted by atomic mass is 10.2. The highest BCUT2D eigenvalue weighted by atomic mass is 35.5. The molecule has 3 rings (SSSR count). The van der Waals surface area contributed by atoms with Gasteiger partial charge in [0.2, 0.25) is 0 Å². The Morgan fingerprint density at radius 2 is 1.70 bits per heavy atom. The molecule has 0 aliphatic heterocycles. The second-order valence-electron chi connectivity index (χ2n) is 6.34. The molecule has 0 aliphatic carbocycles. The molecule has 0 heterocycles. The van der Waals surface area contributed by atoms with E-state index in [4.69, 9.17) is 37.4 Å². The summed E-state index contributed by atoms with van der Waals surface area (Å²) in [6.07, 6.45) is 1.72. The predicted octanol–water partition coefficient (Wildman–Crippen LogP) is 5.71. The monoisotopic (exact) mass is 444 g/mol. The van der Waals surface area contributed by atoms with Crippen molar-refractivity contribution in [3.8, 4) is 17.2 Å². The molecule has 30 heavy (non-hydrogen) atoms. The van der Waals surface area contributed by atoms with Crippen LogP contribution in [-0.4, -0.2) is 20.4 Å². The average molecular weight is 445 g/mol. The van der Waals surface area contributed by atoms with E-state index in [1.165, 1.54) is 0 Å². The third-order valence-corrected chi connectivity index (χ3v) is 4.93. The number of hydrazone groups is 1. The number of nitrogens with one attached hydrogen (secondary N) is 1. The molecule has 0 fully saturated rings. The van der Waals surface area contributed by atoms with Crippen LogP contribution >= 0.6 is 23.2 Å². The van der Waals surface area contributed by atoms with Crippen LogP contribution in [0, 0.1) is 0 Å². The first-order valence-electron chi connectivity index (χ1n) is 9.23. The van der Waals surface area contributed by atoms with Gasteiger partial charge >= 0.3 is 0 Å².